The maximum atomic E-state index is 12.9. The van der Waals surface area contributed by atoms with Crippen LogP contribution >= 0.6 is 11.6 Å². The van der Waals surface area contributed by atoms with Gasteiger partial charge in [-0.2, -0.15) is 0 Å². The molecule has 0 saturated carbocycles. The highest BCUT2D eigenvalue weighted by Crippen LogP contribution is 2.39. The summed E-state index contributed by atoms with van der Waals surface area (Å²) in [5, 5.41) is 11.5. The van der Waals surface area contributed by atoms with Crippen LogP contribution in [0.2, 0.25) is 5.02 Å². The maximum absolute atomic E-state index is 12.9. The van der Waals surface area contributed by atoms with Crippen molar-refractivity contribution < 1.29 is 19.4 Å². The Labute approximate surface area is 181 Å². The van der Waals surface area contributed by atoms with Crippen LogP contribution in [0, 0.1) is 0 Å². The number of carbonyl (C=O) groups is 2. The summed E-state index contributed by atoms with van der Waals surface area (Å²) in [5.41, 5.74) is 2.48. The Morgan fingerprint density at radius 2 is 1.73 bits per heavy atom. The third-order valence-electron chi connectivity index (χ3n) is 5.32. The van der Waals surface area contributed by atoms with Crippen LogP contribution in [0.4, 0.5) is 0 Å². The number of methoxy groups -OCH3 is 1. The molecule has 1 fully saturated rings. The fraction of sp³-hybridized carbons (Fsp3) is 0.333. The quantitative estimate of drug-likeness (QED) is 0.294. The molecule has 0 radical (unpaired) electrons. The number of nitrogens with zero attached hydrogens (tertiary/aromatic N) is 1. The molecule has 1 aliphatic heterocycles. The smallest absolute Gasteiger partial charge is 0.295 e. The largest absolute Gasteiger partial charge is 0.507 e. The van der Waals surface area contributed by atoms with Crippen molar-refractivity contribution in [1.82, 2.24) is 4.90 Å². The third-order valence-corrected chi connectivity index (χ3v) is 5.58. The van der Waals surface area contributed by atoms with Gasteiger partial charge in [0.15, 0.2) is 0 Å². The van der Waals surface area contributed by atoms with Crippen molar-refractivity contribution in [3.05, 3.63) is 75.8 Å². The molecule has 1 heterocycles. The number of amides is 1. The van der Waals surface area contributed by atoms with Gasteiger partial charge < -0.3 is 14.7 Å². The van der Waals surface area contributed by atoms with E-state index in [-0.39, 0.29) is 11.3 Å². The van der Waals surface area contributed by atoms with Crippen LogP contribution in [0.25, 0.3) is 5.76 Å². The van der Waals surface area contributed by atoms with E-state index < -0.39 is 17.7 Å². The van der Waals surface area contributed by atoms with Gasteiger partial charge in [0.05, 0.1) is 11.6 Å². The second kappa shape index (κ2) is 9.45. The summed E-state index contributed by atoms with van der Waals surface area (Å²) < 4.78 is 5.10. The molecule has 1 saturated heterocycles. The van der Waals surface area contributed by atoms with Crippen molar-refractivity contribution in [2.45, 2.75) is 32.2 Å². The molecular weight excluding hydrogens is 402 g/mol. The van der Waals surface area contributed by atoms with Gasteiger partial charge in [0, 0.05) is 30.8 Å². The lowest BCUT2D eigenvalue weighted by atomic mass is 9.93. The topological polar surface area (TPSA) is 66.8 Å². The number of aliphatic hydroxyl groups excluding tert-OH is 1. The van der Waals surface area contributed by atoms with Gasteiger partial charge in [-0.25, -0.2) is 0 Å². The van der Waals surface area contributed by atoms with Crippen LogP contribution in [-0.2, 0) is 14.3 Å². The molecule has 0 spiro atoms. The molecule has 0 aromatic heterocycles. The van der Waals surface area contributed by atoms with E-state index in [9.17, 15) is 14.7 Å². The summed E-state index contributed by atoms with van der Waals surface area (Å²) in [6, 6.07) is 13.7. The van der Waals surface area contributed by atoms with E-state index in [0.29, 0.717) is 36.1 Å². The Morgan fingerprint density at radius 3 is 2.30 bits per heavy atom. The Kier molecular flexibility index (Phi) is 6.95. The molecule has 1 amide bonds. The number of hydrogen-bond acceptors (Lipinski definition) is 4. The van der Waals surface area contributed by atoms with Crippen LogP contribution in [0.1, 0.15) is 48.9 Å². The molecule has 0 bridgehead atoms. The Bertz CT molecular complexity index is 948. The second-order valence-electron chi connectivity index (χ2n) is 7.67. The zero-order valence-corrected chi connectivity index (χ0v) is 18.1. The first kappa shape index (κ1) is 22.1. The normalized spacial score (nSPS) is 18.4. The summed E-state index contributed by atoms with van der Waals surface area (Å²) in [6.07, 6.45) is 0.588. The molecule has 30 heavy (non-hydrogen) atoms. The average Bonchev–Trinajstić information content (AvgIpc) is 2.99. The summed E-state index contributed by atoms with van der Waals surface area (Å²) in [4.78, 5) is 27.3. The lowest BCUT2D eigenvalue weighted by molar-refractivity contribution is -0.140. The fourth-order valence-corrected chi connectivity index (χ4v) is 3.79. The number of likely N-dealkylation sites (tertiary alicyclic amines) is 1. The van der Waals surface area contributed by atoms with Gasteiger partial charge in [0.1, 0.15) is 5.76 Å². The summed E-state index contributed by atoms with van der Waals surface area (Å²) in [5.74, 6) is -1.13. The lowest BCUT2D eigenvalue weighted by Gasteiger charge is -2.25. The predicted octanol–water partition coefficient (Wildman–Crippen LogP) is 4.92. The molecule has 158 valence electrons. The minimum absolute atomic E-state index is 0.0945. The molecule has 0 unspecified atom stereocenters. The van der Waals surface area contributed by atoms with E-state index in [1.54, 1.807) is 31.4 Å². The molecule has 5 nitrogen and oxygen atoms in total. The fourth-order valence-electron chi connectivity index (χ4n) is 3.66. The van der Waals surface area contributed by atoms with Gasteiger partial charge in [-0.1, -0.05) is 49.7 Å². The number of ketones is 1. The van der Waals surface area contributed by atoms with Crippen LogP contribution in [0.5, 0.6) is 0 Å². The lowest BCUT2D eigenvalue weighted by Crippen LogP contribution is -2.31. The monoisotopic (exact) mass is 427 g/mol. The Balaban J connectivity index is 2.10. The third kappa shape index (κ3) is 4.42. The number of halogens is 1. The molecule has 2 aromatic carbocycles. The SMILES string of the molecule is COCCCN1C(=O)C(=O)C(=C(O)c2ccc(Cl)cc2)[C@H]1c1ccc(C(C)C)cc1. The summed E-state index contributed by atoms with van der Waals surface area (Å²) in [7, 11) is 1.59. The minimum atomic E-state index is -0.683. The molecule has 1 aliphatic rings. The molecule has 3 rings (SSSR count). The molecule has 6 heteroatoms. The molecular formula is C24H26ClNO4. The zero-order chi connectivity index (χ0) is 21.8. The van der Waals surface area contributed by atoms with Gasteiger partial charge in [0.25, 0.3) is 11.7 Å². The van der Waals surface area contributed by atoms with Gasteiger partial charge in [-0.05, 0) is 47.7 Å². The summed E-state index contributed by atoms with van der Waals surface area (Å²) in [6.45, 7) is 5.03. The van der Waals surface area contributed by atoms with E-state index in [1.807, 2.05) is 24.3 Å². The standard InChI is InChI=1S/C24H26ClNO4/c1-15(2)16-5-7-17(8-6-16)21-20(22(27)18-9-11-19(25)12-10-18)23(28)24(29)26(21)13-4-14-30-3/h5-12,15,21,27H,4,13-14H2,1-3H3/t21-/m1/s1. The van der Waals surface area contributed by atoms with E-state index in [4.69, 9.17) is 16.3 Å². The molecule has 0 aliphatic carbocycles. The molecule has 2 aromatic rings. The van der Waals surface area contributed by atoms with Gasteiger partial charge in [0.2, 0.25) is 0 Å². The minimum Gasteiger partial charge on any atom is -0.507 e. The Morgan fingerprint density at radius 1 is 1.10 bits per heavy atom. The Hall–Kier alpha value is -2.63. The number of ether oxygens (including phenoxy) is 1. The average molecular weight is 428 g/mol. The van der Waals surface area contributed by atoms with Crippen molar-refractivity contribution in [1.29, 1.82) is 0 Å². The number of rotatable bonds is 7. The molecule has 1 N–H and O–H groups in total. The van der Waals surface area contributed by atoms with Gasteiger partial charge >= 0.3 is 0 Å². The van der Waals surface area contributed by atoms with E-state index >= 15 is 0 Å². The van der Waals surface area contributed by atoms with Crippen LogP contribution in [0.15, 0.2) is 54.1 Å². The van der Waals surface area contributed by atoms with Crippen molar-refractivity contribution in [3.63, 3.8) is 0 Å². The van der Waals surface area contributed by atoms with Crippen LogP contribution < -0.4 is 0 Å². The number of Topliss-reactive ketones (excluding diaryl/α,β-unsaturated/α-hetero) is 1. The molecule has 1 atom stereocenters. The van der Waals surface area contributed by atoms with Crippen molar-refractivity contribution >= 4 is 29.1 Å². The van der Waals surface area contributed by atoms with E-state index in [2.05, 4.69) is 13.8 Å². The summed E-state index contributed by atoms with van der Waals surface area (Å²) >= 11 is 5.95. The van der Waals surface area contributed by atoms with Crippen molar-refractivity contribution in [2.24, 2.45) is 0 Å². The predicted molar refractivity (Wildman–Crippen MR) is 117 cm³/mol. The van der Waals surface area contributed by atoms with E-state index in [1.165, 1.54) is 4.90 Å². The first-order chi connectivity index (χ1) is 14.3. The second-order valence-corrected chi connectivity index (χ2v) is 8.10. The van der Waals surface area contributed by atoms with Crippen molar-refractivity contribution in [2.75, 3.05) is 20.3 Å². The van der Waals surface area contributed by atoms with Crippen LogP contribution in [0.3, 0.4) is 0 Å². The highest BCUT2D eigenvalue weighted by molar-refractivity contribution is 6.46. The first-order valence-electron chi connectivity index (χ1n) is 9.98. The maximum Gasteiger partial charge on any atom is 0.295 e. The van der Waals surface area contributed by atoms with E-state index in [0.717, 1.165) is 11.1 Å². The number of hydrogen-bond donors (Lipinski definition) is 1. The highest BCUT2D eigenvalue weighted by atomic mass is 35.5. The number of carbonyl (C=O) groups excluding carboxylic acids is 2. The van der Waals surface area contributed by atoms with Crippen molar-refractivity contribution in [3.8, 4) is 0 Å². The van der Waals surface area contributed by atoms with Gasteiger partial charge in [-0.3, -0.25) is 9.59 Å². The number of aliphatic hydroxyl groups is 1. The zero-order valence-electron chi connectivity index (χ0n) is 17.4. The van der Waals surface area contributed by atoms with Crippen LogP contribution in [-0.4, -0.2) is 42.0 Å². The van der Waals surface area contributed by atoms with Gasteiger partial charge in [-0.15, -0.1) is 0 Å². The first-order valence-corrected chi connectivity index (χ1v) is 10.4. The highest BCUT2D eigenvalue weighted by Gasteiger charge is 2.45. The number of benzene rings is 2.